The second-order valence-electron chi connectivity index (χ2n) is 4.72. The molecule has 1 aromatic carbocycles. The number of carbonyl (C=O) groups excluding carboxylic acids is 1. The van der Waals surface area contributed by atoms with Gasteiger partial charge in [0.05, 0.1) is 5.75 Å². The standard InChI is InChI=1S/C13H16N2O4S2/c1-9(15-13(16)8-20-21(17,18)19)6-10-7-14-12-5-3-2-4-11(10)12/h2-5,7,9,14H,6,8H2,1H3,(H,15,16)(H,17,18,19). The Hall–Kier alpha value is -1.51. The summed E-state index contributed by atoms with van der Waals surface area (Å²) >= 11 is 0. The van der Waals surface area contributed by atoms with E-state index in [0.717, 1.165) is 16.5 Å². The van der Waals surface area contributed by atoms with E-state index in [1.165, 1.54) is 0 Å². The number of amides is 1. The maximum Gasteiger partial charge on any atom is 0.320 e. The minimum Gasteiger partial charge on any atom is -0.361 e. The van der Waals surface area contributed by atoms with E-state index >= 15 is 0 Å². The van der Waals surface area contributed by atoms with Gasteiger partial charge in [-0.2, -0.15) is 8.42 Å². The van der Waals surface area contributed by atoms with Crippen LogP contribution < -0.4 is 5.32 Å². The van der Waals surface area contributed by atoms with Crippen molar-refractivity contribution in [1.82, 2.24) is 10.3 Å². The number of hydrogen-bond donors (Lipinski definition) is 3. The number of fused-ring (bicyclic) bond motifs is 1. The van der Waals surface area contributed by atoms with E-state index in [0.29, 0.717) is 6.42 Å². The van der Waals surface area contributed by atoms with Crippen molar-refractivity contribution in [3.05, 3.63) is 36.0 Å². The van der Waals surface area contributed by atoms with Gasteiger partial charge in [0.25, 0.3) is 0 Å². The van der Waals surface area contributed by atoms with Gasteiger partial charge < -0.3 is 10.3 Å². The molecule has 1 heterocycles. The van der Waals surface area contributed by atoms with Gasteiger partial charge in [-0.25, -0.2) is 0 Å². The molecule has 0 radical (unpaired) electrons. The molecule has 114 valence electrons. The zero-order valence-corrected chi connectivity index (χ0v) is 13.0. The van der Waals surface area contributed by atoms with Gasteiger partial charge in [-0.05, 0) is 25.0 Å². The molecule has 0 fully saturated rings. The van der Waals surface area contributed by atoms with Crippen LogP contribution in [0.2, 0.25) is 0 Å². The molecule has 0 aliphatic rings. The highest BCUT2D eigenvalue weighted by Crippen LogP contribution is 2.19. The summed E-state index contributed by atoms with van der Waals surface area (Å²) in [6.07, 6.45) is 2.53. The quantitative estimate of drug-likeness (QED) is 0.554. The first kappa shape index (κ1) is 15.9. The third kappa shape index (κ3) is 4.76. The maximum atomic E-state index is 11.6. The minimum atomic E-state index is -4.18. The predicted octanol–water partition coefficient (Wildman–Crippen LogP) is 1.75. The Bertz CT molecular complexity index is 739. The fourth-order valence-corrected chi connectivity index (χ4v) is 3.23. The third-order valence-electron chi connectivity index (χ3n) is 2.95. The zero-order valence-electron chi connectivity index (χ0n) is 11.4. The number of aromatic amines is 1. The van der Waals surface area contributed by atoms with E-state index in [2.05, 4.69) is 10.3 Å². The van der Waals surface area contributed by atoms with Crippen LogP contribution in [0.5, 0.6) is 0 Å². The monoisotopic (exact) mass is 328 g/mol. The van der Waals surface area contributed by atoms with Gasteiger partial charge in [0.2, 0.25) is 5.91 Å². The molecule has 2 aromatic rings. The summed E-state index contributed by atoms with van der Waals surface area (Å²) in [6.45, 7) is 1.85. The minimum absolute atomic E-state index is 0.140. The average molecular weight is 328 g/mol. The van der Waals surface area contributed by atoms with Crippen molar-refractivity contribution in [3.63, 3.8) is 0 Å². The van der Waals surface area contributed by atoms with Crippen LogP contribution in [0, 0.1) is 0 Å². The smallest absolute Gasteiger partial charge is 0.320 e. The number of para-hydroxylation sites is 1. The zero-order chi connectivity index (χ0) is 15.5. The van der Waals surface area contributed by atoms with E-state index < -0.39 is 15.1 Å². The van der Waals surface area contributed by atoms with Crippen LogP contribution in [-0.2, 0) is 20.4 Å². The predicted molar refractivity (Wildman–Crippen MR) is 83.6 cm³/mol. The van der Waals surface area contributed by atoms with Gasteiger partial charge in [0.1, 0.15) is 0 Å². The lowest BCUT2D eigenvalue weighted by Gasteiger charge is -2.13. The van der Waals surface area contributed by atoms with Gasteiger partial charge in [0.15, 0.2) is 0 Å². The summed E-state index contributed by atoms with van der Waals surface area (Å²) < 4.78 is 29.7. The molecule has 0 bridgehead atoms. The lowest BCUT2D eigenvalue weighted by atomic mass is 10.1. The Labute approximate surface area is 126 Å². The first-order chi connectivity index (χ1) is 9.85. The molecule has 1 unspecified atom stereocenters. The molecule has 1 atom stereocenters. The van der Waals surface area contributed by atoms with E-state index in [9.17, 15) is 13.2 Å². The maximum absolute atomic E-state index is 11.6. The average Bonchev–Trinajstić information content (AvgIpc) is 2.79. The Morgan fingerprint density at radius 3 is 2.86 bits per heavy atom. The largest absolute Gasteiger partial charge is 0.361 e. The van der Waals surface area contributed by atoms with Gasteiger partial charge in [-0.15, -0.1) is 0 Å². The Morgan fingerprint density at radius 2 is 2.14 bits per heavy atom. The van der Waals surface area contributed by atoms with Crippen molar-refractivity contribution < 1.29 is 17.8 Å². The van der Waals surface area contributed by atoms with Gasteiger partial charge in [0, 0.05) is 33.9 Å². The molecule has 0 saturated heterocycles. The molecule has 2 rings (SSSR count). The molecule has 21 heavy (non-hydrogen) atoms. The second-order valence-corrected chi connectivity index (χ2v) is 8.07. The summed E-state index contributed by atoms with van der Waals surface area (Å²) in [5, 5.41) is 3.81. The van der Waals surface area contributed by atoms with Crippen molar-refractivity contribution >= 4 is 36.8 Å². The van der Waals surface area contributed by atoms with E-state index in [4.69, 9.17) is 4.55 Å². The van der Waals surface area contributed by atoms with Gasteiger partial charge in [-0.1, -0.05) is 18.2 Å². The van der Waals surface area contributed by atoms with E-state index in [1.54, 1.807) is 0 Å². The summed E-state index contributed by atoms with van der Waals surface area (Å²) in [4.78, 5) is 14.7. The molecule has 0 aliphatic carbocycles. The van der Waals surface area contributed by atoms with E-state index in [-0.39, 0.29) is 22.6 Å². The number of rotatable bonds is 6. The first-order valence-corrected chi connectivity index (χ1v) is 9.25. The molecule has 0 aliphatic heterocycles. The fraction of sp³-hybridized carbons (Fsp3) is 0.308. The molecule has 3 N–H and O–H groups in total. The summed E-state index contributed by atoms with van der Waals surface area (Å²) in [7, 11) is -3.98. The summed E-state index contributed by atoms with van der Waals surface area (Å²) in [6, 6.07) is 7.74. The normalized spacial score (nSPS) is 13.2. The summed E-state index contributed by atoms with van der Waals surface area (Å²) in [5.74, 6) is -0.748. The van der Waals surface area contributed by atoms with Crippen molar-refractivity contribution in [2.24, 2.45) is 0 Å². The number of H-pyrrole nitrogens is 1. The fourth-order valence-electron chi connectivity index (χ4n) is 2.13. The number of carbonyl (C=O) groups is 1. The molecule has 0 spiro atoms. The molecule has 8 heteroatoms. The number of benzene rings is 1. The lowest BCUT2D eigenvalue weighted by molar-refractivity contribution is -0.119. The number of hydrogen-bond acceptors (Lipinski definition) is 4. The number of nitrogens with one attached hydrogen (secondary N) is 2. The molecule has 6 nitrogen and oxygen atoms in total. The second kappa shape index (κ2) is 6.50. The van der Waals surface area contributed by atoms with Crippen LogP contribution in [0.3, 0.4) is 0 Å². The Morgan fingerprint density at radius 1 is 1.43 bits per heavy atom. The molecule has 1 aromatic heterocycles. The van der Waals surface area contributed by atoms with E-state index in [1.807, 2.05) is 37.4 Å². The molecular formula is C13H16N2O4S2. The van der Waals surface area contributed by atoms with Crippen LogP contribution in [0.15, 0.2) is 30.5 Å². The molecule has 0 saturated carbocycles. The molecular weight excluding hydrogens is 312 g/mol. The van der Waals surface area contributed by atoms with Gasteiger partial charge >= 0.3 is 9.15 Å². The molecule has 1 amide bonds. The SMILES string of the molecule is CC(Cc1c[nH]c2ccccc12)NC(=O)CSS(=O)(=O)O. The van der Waals surface area contributed by atoms with Crippen LogP contribution in [0.25, 0.3) is 10.9 Å². The Kier molecular flexibility index (Phi) is 4.92. The van der Waals surface area contributed by atoms with Crippen LogP contribution in [0.4, 0.5) is 0 Å². The van der Waals surface area contributed by atoms with Crippen LogP contribution in [0.1, 0.15) is 12.5 Å². The van der Waals surface area contributed by atoms with Crippen molar-refractivity contribution in [2.75, 3.05) is 5.75 Å². The third-order valence-corrected chi connectivity index (χ3v) is 4.87. The lowest BCUT2D eigenvalue weighted by Crippen LogP contribution is -2.35. The topological polar surface area (TPSA) is 99.3 Å². The number of aromatic nitrogens is 1. The first-order valence-electron chi connectivity index (χ1n) is 6.31. The summed E-state index contributed by atoms with van der Waals surface area (Å²) in [5.41, 5.74) is 2.12. The van der Waals surface area contributed by atoms with Crippen molar-refractivity contribution in [1.29, 1.82) is 0 Å². The van der Waals surface area contributed by atoms with Gasteiger partial charge in [-0.3, -0.25) is 9.35 Å². The van der Waals surface area contributed by atoms with Crippen molar-refractivity contribution in [2.45, 2.75) is 19.4 Å². The van der Waals surface area contributed by atoms with Crippen LogP contribution >= 0.6 is 10.8 Å². The highest BCUT2D eigenvalue weighted by atomic mass is 33.1. The highest BCUT2D eigenvalue weighted by molar-refractivity contribution is 8.70. The highest BCUT2D eigenvalue weighted by Gasteiger charge is 2.14. The Balaban J connectivity index is 1.92. The van der Waals surface area contributed by atoms with Crippen molar-refractivity contribution in [3.8, 4) is 0 Å². The van der Waals surface area contributed by atoms with Crippen LogP contribution in [-0.4, -0.2) is 35.7 Å².